The number of hydrogen-bond acceptors (Lipinski definition) is 4. The number of carboxylic acids is 1. The van der Waals surface area contributed by atoms with E-state index in [-0.39, 0.29) is 13.0 Å². The quantitative estimate of drug-likeness (QED) is 0.898. The zero-order chi connectivity index (χ0) is 17.4. The first kappa shape index (κ1) is 17.2. The second-order valence-corrected chi connectivity index (χ2v) is 6.79. The Bertz CT molecular complexity index is 783. The molecule has 1 aliphatic heterocycles. The maximum absolute atomic E-state index is 12.7. The molecule has 1 fully saturated rings. The van der Waals surface area contributed by atoms with Crippen LogP contribution in [-0.2, 0) is 21.0 Å². The van der Waals surface area contributed by atoms with Gasteiger partial charge < -0.3 is 5.11 Å². The van der Waals surface area contributed by atoms with E-state index in [2.05, 4.69) is 0 Å². The van der Waals surface area contributed by atoms with Gasteiger partial charge in [0.25, 0.3) is 0 Å². The molecular formula is C13H11F3N2O4S. The second-order valence-electron chi connectivity index (χ2n) is 4.93. The van der Waals surface area contributed by atoms with Crippen LogP contribution in [0, 0.1) is 11.3 Å². The number of halogens is 3. The summed E-state index contributed by atoms with van der Waals surface area (Å²) in [5.41, 5.74) is -1.82. The standard InChI is InChI=1S/C13H11F3N2O4S/c14-13(15,16)9-3-4-11(8(6-9)7-17)23(21,22)18-5-1-2-10(18)12(19)20/h3-4,6,10H,1-2,5H2,(H,19,20)/t10-/m1/s1. The molecule has 1 N–H and O–H groups in total. The number of aliphatic carboxylic acids is 1. The third-order valence-electron chi connectivity index (χ3n) is 3.50. The summed E-state index contributed by atoms with van der Waals surface area (Å²) in [4.78, 5) is 10.5. The lowest BCUT2D eigenvalue weighted by atomic mass is 10.1. The predicted octanol–water partition coefficient (Wildman–Crippen LogP) is 1.81. The lowest BCUT2D eigenvalue weighted by Gasteiger charge is -2.21. The van der Waals surface area contributed by atoms with Crippen molar-refractivity contribution in [3.05, 3.63) is 29.3 Å². The number of hydrogen-bond donors (Lipinski definition) is 1. The lowest BCUT2D eigenvalue weighted by Crippen LogP contribution is -2.40. The predicted molar refractivity (Wildman–Crippen MR) is 70.7 cm³/mol. The highest BCUT2D eigenvalue weighted by molar-refractivity contribution is 7.89. The molecular weight excluding hydrogens is 337 g/mol. The van der Waals surface area contributed by atoms with Gasteiger partial charge in [0.1, 0.15) is 17.0 Å². The Morgan fingerprint density at radius 1 is 1.39 bits per heavy atom. The summed E-state index contributed by atoms with van der Waals surface area (Å²) in [6.45, 7) is -0.0643. The molecule has 2 rings (SSSR count). The van der Waals surface area contributed by atoms with Crippen LogP contribution in [-0.4, -0.2) is 36.4 Å². The molecule has 1 saturated heterocycles. The van der Waals surface area contributed by atoms with Gasteiger partial charge in [0.15, 0.2) is 0 Å². The van der Waals surface area contributed by atoms with Crippen LogP contribution in [0.15, 0.2) is 23.1 Å². The van der Waals surface area contributed by atoms with Crippen molar-refractivity contribution < 1.29 is 31.5 Å². The number of nitriles is 1. The monoisotopic (exact) mass is 348 g/mol. The summed E-state index contributed by atoms with van der Waals surface area (Å²) in [7, 11) is -4.38. The van der Waals surface area contributed by atoms with E-state index >= 15 is 0 Å². The number of benzene rings is 1. The van der Waals surface area contributed by atoms with Gasteiger partial charge in [-0.2, -0.15) is 22.7 Å². The number of alkyl halides is 3. The molecule has 1 aliphatic rings. The van der Waals surface area contributed by atoms with E-state index in [4.69, 9.17) is 10.4 Å². The molecule has 1 aromatic rings. The molecule has 23 heavy (non-hydrogen) atoms. The zero-order valence-corrected chi connectivity index (χ0v) is 12.4. The van der Waals surface area contributed by atoms with Crippen molar-refractivity contribution in [2.75, 3.05) is 6.54 Å². The molecule has 0 spiro atoms. The first-order chi connectivity index (χ1) is 10.6. The molecule has 0 aromatic heterocycles. The third kappa shape index (κ3) is 3.16. The van der Waals surface area contributed by atoms with Gasteiger partial charge >= 0.3 is 12.1 Å². The highest BCUT2D eigenvalue weighted by Gasteiger charge is 2.41. The SMILES string of the molecule is N#Cc1cc(C(F)(F)F)ccc1S(=O)(=O)N1CCC[C@@H]1C(=O)O. The minimum Gasteiger partial charge on any atom is -0.480 e. The van der Waals surface area contributed by atoms with E-state index in [1.54, 1.807) is 0 Å². The topological polar surface area (TPSA) is 98.5 Å². The van der Waals surface area contributed by atoms with E-state index in [1.165, 1.54) is 6.07 Å². The third-order valence-corrected chi connectivity index (χ3v) is 5.47. The Balaban J connectivity index is 2.53. The summed E-state index contributed by atoms with van der Waals surface area (Å²) in [6.07, 6.45) is -4.29. The van der Waals surface area contributed by atoms with Gasteiger partial charge in [-0.05, 0) is 31.0 Å². The minimum absolute atomic E-state index is 0.0643. The smallest absolute Gasteiger partial charge is 0.416 e. The average molecular weight is 348 g/mol. The number of nitrogens with zero attached hydrogens (tertiary/aromatic N) is 2. The van der Waals surface area contributed by atoms with Crippen LogP contribution in [0.5, 0.6) is 0 Å². The van der Waals surface area contributed by atoms with Crippen LogP contribution in [0.3, 0.4) is 0 Å². The van der Waals surface area contributed by atoms with Crippen molar-refractivity contribution >= 4 is 16.0 Å². The molecule has 6 nitrogen and oxygen atoms in total. The summed E-state index contributed by atoms with van der Waals surface area (Å²) >= 11 is 0. The van der Waals surface area contributed by atoms with Gasteiger partial charge in [-0.3, -0.25) is 4.79 Å². The van der Waals surface area contributed by atoms with Gasteiger partial charge in [0.2, 0.25) is 10.0 Å². The molecule has 1 heterocycles. The molecule has 1 atom stereocenters. The Morgan fingerprint density at radius 2 is 2.04 bits per heavy atom. The Kier molecular flexibility index (Phi) is 4.37. The fourth-order valence-electron chi connectivity index (χ4n) is 2.42. The van der Waals surface area contributed by atoms with Crippen molar-refractivity contribution in [1.82, 2.24) is 4.31 Å². The highest BCUT2D eigenvalue weighted by Crippen LogP contribution is 2.33. The Labute approximate surface area is 129 Å². The molecule has 0 unspecified atom stereocenters. The van der Waals surface area contributed by atoms with Crippen LogP contribution in [0.2, 0.25) is 0 Å². The Morgan fingerprint density at radius 3 is 2.57 bits per heavy atom. The first-order valence-corrected chi connectivity index (χ1v) is 7.89. The number of carboxylic acid groups (broad SMARTS) is 1. The molecule has 0 aliphatic carbocycles. The first-order valence-electron chi connectivity index (χ1n) is 6.45. The second kappa shape index (κ2) is 5.82. The summed E-state index contributed by atoms with van der Waals surface area (Å²) in [5, 5.41) is 18.0. The van der Waals surface area contributed by atoms with Crippen molar-refractivity contribution in [2.45, 2.75) is 30.0 Å². The summed E-state index contributed by atoms with van der Waals surface area (Å²) in [5.74, 6) is -1.34. The molecule has 124 valence electrons. The fourth-order valence-corrected chi connectivity index (χ4v) is 4.19. The van der Waals surface area contributed by atoms with Gasteiger partial charge in [-0.25, -0.2) is 8.42 Å². The summed E-state index contributed by atoms with van der Waals surface area (Å²) < 4.78 is 63.7. The molecule has 10 heteroatoms. The normalized spacial score (nSPS) is 19.5. The van der Waals surface area contributed by atoms with Gasteiger partial charge in [0, 0.05) is 6.54 Å². The van der Waals surface area contributed by atoms with Gasteiger partial charge in [-0.1, -0.05) is 0 Å². The van der Waals surface area contributed by atoms with Crippen molar-refractivity contribution in [1.29, 1.82) is 5.26 Å². The van der Waals surface area contributed by atoms with E-state index in [0.717, 1.165) is 0 Å². The molecule has 0 bridgehead atoms. The fraction of sp³-hybridized carbons (Fsp3) is 0.385. The molecule has 0 amide bonds. The van der Waals surface area contributed by atoms with E-state index in [1.807, 2.05) is 0 Å². The van der Waals surface area contributed by atoms with Crippen molar-refractivity contribution in [3.8, 4) is 6.07 Å². The number of carbonyl (C=O) groups is 1. The van der Waals surface area contributed by atoms with E-state index in [0.29, 0.717) is 28.9 Å². The van der Waals surface area contributed by atoms with Crippen LogP contribution >= 0.6 is 0 Å². The number of sulfonamides is 1. The largest absolute Gasteiger partial charge is 0.480 e. The maximum atomic E-state index is 12.7. The maximum Gasteiger partial charge on any atom is 0.416 e. The van der Waals surface area contributed by atoms with E-state index < -0.39 is 44.2 Å². The van der Waals surface area contributed by atoms with Crippen molar-refractivity contribution in [3.63, 3.8) is 0 Å². The van der Waals surface area contributed by atoms with Crippen molar-refractivity contribution in [2.24, 2.45) is 0 Å². The number of rotatable bonds is 3. The lowest BCUT2D eigenvalue weighted by molar-refractivity contribution is -0.140. The van der Waals surface area contributed by atoms with Crippen LogP contribution in [0.4, 0.5) is 13.2 Å². The average Bonchev–Trinajstić information content (AvgIpc) is 2.96. The van der Waals surface area contributed by atoms with Gasteiger partial charge in [-0.15, -0.1) is 0 Å². The molecule has 0 radical (unpaired) electrons. The van der Waals surface area contributed by atoms with Crippen LogP contribution in [0.25, 0.3) is 0 Å². The van der Waals surface area contributed by atoms with Crippen LogP contribution < -0.4 is 0 Å². The van der Waals surface area contributed by atoms with Crippen LogP contribution in [0.1, 0.15) is 24.0 Å². The Hall–Kier alpha value is -2.12. The molecule has 0 saturated carbocycles. The molecule has 1 aromatic carbocycles. The zero-order valence-electron chi connectivity index (χ0n) is 11.5. The minimum atomic E-state index is -4.72. The van der Waals surface area contributed by atoms with Gasteiger partial charge in [0.05, 0.1) is 11.1 Å². The highest BCUT2D eigenvalue weighted by atomic mass is 32.2. The summed E-state index contributed by atoms with van der Waals surface area (Å²) in [6, 6.07) is 1.83. The van der Waals surface area contributed by atoms with E-state index in [9.17, 15) is 26.4 Å².